The van der Waals surface area contributed by atoms with Gasteiger partial charge in [-0.2, -0.15) is 0 Å². The van der Waals surface area contributed by atoms with Crippen molar-refractivity contribution in [2.45, 2.75) is 0 Å². The molecule has 0 bridgehead atoms. The highest BCUT2D eigenvalue weighted by molar-refractivity contribution is 14.1. The van der Waals surface area contributed by atoms with Crippen LogP contribution in [0.4, 0.5) is 0 Å². The van der Waals surface area contributed by atoms with E-state index in [2.05, 4.69) is 22.6 Å². The van der Waals surface area contributed by atoms with E-state index in [1.807, 2.05) is 24.3 Å². The second-order valence-corrected chi connectivity index (χ2v) is 5.22. The van der Waals surface area contributed by atoms with Gasteiger partial charge in [-0.15, -0.1) is 0 Å². The Morgan fingerprint density at radius 3 is 2.61 bits per heavy atom. The van der Waals surface area contributed by atoms with Gasteiger partial charge in [0, 0.05) is 9.13 Å². The number of rotatable bonds is 3. The Hall–Kier alpha value is -1.27. The fourth-order valence-corrected chi connectivity index (χ4v) is 2.13. The molecule has 2 aromatic carbocycles. The van der Waals surface area contributed by atoms with Gasteiger partial charge >= 0.3 is 0 Å². The Morgan fingerprint density at radius 1 is 1.22 bits per heavy atom. The molecule has 0 heterocycles. The first kappa shape index (κ1) is 13.2. The summed E-state index contributed by atoms with van der Waals surface area (Å²) in [7, 11) is 0. The van der Waals surface area contributed by atoms with Crippen LogP contribution in [0.1, 0.15) is 10.4 Å². The smallest absolute Gasteiger partial charge is 0.248 e. The molecule has 0 saturated carbocycles. The zero-order valence-corrected chi connectivity index (χ0v) is 12.1. The molecule has 0 spiro atoms. The van der Waals surface area contributed by atoms with E-state index in [4.69, 9.17) is 22.1 Å². The Kier molecular flexibility index (Phi) is 4.08. The standard InChI is InChI=1S/C13H9ClINO2/c14-11-6-8(13(16)17)4-5-12(11)18-10-3-1-2-9(15)7-10/h1-7H,(H2,16,17). The monoisotopic (exact) mass is 373 g/mol. The molecule has 0 saturated heterocycles. The van der Waals surface area contributed by atoms with Crippen molar-refractivity contribution in [1.82, 2.24) is 0 Å². The lowest BCUT2D eigenvalue weighted by Gasteiger charge is -2.08. The molecule has 0 unspecified atom stereocenters. The summed E-state index contributed by atoms with van der Waals surface area (Å²) >= 11 is 8.23. The van der Waals surface area contributed by atoms with E-state index in [-0.39, 0.29) is 0 Å². The first-order valence-electron chi connectivity index (χ1n) is 5.09. The number of amides is 1. The molecule has 0 aliphatic heterocycles. The van der Waals surface area contributed by atoms with Crippen molar-refractivity contribution >= 4 is 40.1 Å². The molecule has 2 aromatic rings. The van der Waals surface area contributed by atoms with E-state index in [0.29, 0.717) is 22.1 Å². The van der Waals surface area contributed by atoms with Crippen LogP contribution in [0.3, 0.4) is 0 Å². The maximum Gasteiger partial charge on any atom is 0.248 e. The van der Waals surface area contributed by atoms with Gasteiger partial charge in [0.05, 0.1) is 5.02 Å². The normalized spacial score (nSPS) is 10.1. The van der Waals surface area contributed by atoms with Crippen LogP contribution in [0.2, 0.25) is 5.02 Å². The van der Waals surface area contributed by atoms with Crippen LogP contribution in [0.15, 0.2) is 42.5 Å². The van der Waals surface area contributed by atoms with Crippen molar-refractivity contribution < 1.29 is 9.53 Å². The molecular formula is C13H9ClINO2. The van der Waals surface area contributed by atoms with E-state index < -0.39 is 5.91 Å². The number of carbonyl (C=O) groups is 1. The Balaban J connectivity index is 2.27. The van der Waals surface area contributed by atoms with Gasteiger partial charge in [0.15, 0.2) is 0 Å². The molecular weight excluding hydrogens is 365 g/mol. The summed E-state index contributed by atoms with van der Waals surface area (Å²) in [5.74, 6) is 0.664. The molecule has 0 aliphatic rings. The van der Waals surface area contributed by atoms with Gasteiger partial charge < -0.3 is 10.5 Å². The molecule has 18 heavy (non-hydrogen) atoms. The first-order chi connectivity index (χ1) is 8.56. The summed E-state index contributed by atoms with van der Waals surface area (Å²) in [4.78, 5) is 11.0. The van der Waals surface area contributed by atoms with Crippen LogP contribution in [-0.4, -0.2) is 5.91 Å². The summed E-state index contributed by atoms with van der Waals surface area (Å²) < 4.78 is 6.70. The number of ether oxygens (including phenoxy) is 1. The van der Waals surface area contributed by atoms with Gasteiger partial charge in [-0.05, 0) is 59.0 Å². The van der Waals surface area contributed by atoms with Crippen LogP contribution in [0.25, 0.3) is 0 Å². The van der Waals surface area contributed by atoms with Crippen molar-refractivity contribution in [3.63, 3.8) is 0 Å². The van der Waals surface area contributed by atoms with Gasteiger partial charge in [0.2, 0.25) is 5.91 Å². The Bertz CT molecular complexity index is 601. The van der Waals surface area contributed by atoms with E-state index >= 15 is 0 Å². The van der Waals surface area contributed by atoms with Crippen molar-refractivity contribution in [3.05, 3.63) is 56.6 Å². The summed E-state index contributed by atoms with van der Waals surface area (Å²) in [6.45, 7) is 0. The molecule has 0 radical (unpaired) electrons. The van der Waals surface area contributed by atoms with Crippen LogP contribution in [0.5, 0.6) is 11.5 Å². The van der Waals surface area contributed by atoms with Crippen molar-refractivity contribution in [1.29, 1.82) is 0 Å². The molecule has 0 fully saturated rings. The van der Waals surface area contributed by atoms with Crippen LogP contribution >= 0.6 is 34.2 Å². The minimum absolute atomic E-state index is 0.352. The summed E-state index contributed by atoms with van der Waals surface area (Å²) in [5, 5.41) is 0.352. The molecule has 0 aromatic heterocycles. The summed E-state index contributed by atoms with van der Waals surface area (Å²) in [5.41, 5.74) is 5.52. The molecule has 92 valence electrons. The maximum atomic E-state index is 11.0. The van der Waals surface area contributed by atoms with E-state index in [0.717, 1.165) is 3.57 Å². The van der Waals surface area contributed by atoms with E-state index in [9.17, 15) is 4.79 Å². The largest absolute Gasteiger partial charge is 0.456 e. The fourth-order valence-electron chi connectivity index (χ4n) is 1.39. The Labute approximate surface area is 123 Å². The minimum Gasteiger partial charge on any atom is -0.456 e. The number of carbonyl (C=O) groups excluding carboxylic acids is 1. The van der Waals surface area contributed by atoms with Crippen LogP contribution in [0, 0.1) is 3.57 Å². The SMILES string of the molecule is NC(=O)c1ccc(Oc2cccc(I)c2)c(Cl)c1. The molecule has 5 heteroatoms. The third-order valence-electron chi connectivity index (χ3n) is 2.24. The Morgan fingerprint density at radius 2 is 2.00 bits per heavy atom. The lowest BCUT2D eigenvalue weighted by Crippen LogP contribution is -2.10. The first-order valence-corrected chi connectivity index (χ1v) is 6.55. The lowest BCUT2D eigenvalue weighted by atomic mass is 10.2. The number of hydrogen-bond donors (Lipinski definition) is 1. The predicted molar refractivity (Wildman–Crippen MR) is 79.2 cm³/mol. The van der Waals surface area contributed by atoms with Gasteiger partial charge in [-0.25, -0.2) is 0 Å². The number of nitrogens with two attached hydrogens (primary N) is 1. The topological polar surface area (TPSA) is 52.3 Å². The zero-order valence-electron chi connectivity index (χ0n) is 9.19. The highest BCUT2D eigenvalue weighted by Crippen LogP contribution is 2.30. The van der Waals surface area contributed by atoms with Crippen molar-refractivity contribution in [2.75, 3.05) is 0 Å². The summed E-state index contributed by atoms with van der Waals surface area (Å²) in [6.07, 6.45) is 0. The van der Waals surface area contributed by atoms with Crippen molar-refractivity contribution in [2.24, 2.45) is 5.73 Å². The van der Waals surface area contributed by atoms with E-state index in [1.165, 1.54) is 6.07 Å². The average Bonchev–Trinajstić information content (AvgIpc) is 2.31. The second kappa shape index (κ2) is 5.58. The molecule has 1 amide bonds. The van der Waals surface area contributed by atoms with Gasteiger partial charge in [-0.1, -0.05) is 17.7 Å². The number of primary amides is 1. The zero-order chi connectivity index (χ0) is 13.1. The lowest BCUT2D eigenvalue weighted by molar-refractivity contribution is 0.100. The molecule has 3 nitrogen and oxygen atoms in total. The van der Waals surface area contributed by atoms with Crippen LogP contribution in [-0.2, 0) is 0 Å². The molecule has 2 N–H and O–H groups in total. The third kappa shape index (κ3) is 3.14. The molecule has 0 atom stereocenters. The third-order valence-corrected chi connectivity index (χ3v) is 3.21. The fraction of sp³-hybridized carbons (Fsp3) is 0. The predicted octanol–water partition coefficient (Wildman–Crippen LogP) is 3.84. The quantitative estimate of drug-likeness (QED) is 0.831. The number of hydrogen-bond acceptors (Lipinski definition) is 2. The van der Waals surface area contributed by atoms with Crippen LogP contribution < -0.4 is 10.5 Å². The van der Waals surface area contributed by atoms with Crippen molar-refractivity contribution in [3.8, 4) is 11.5 Å². The van der Waals surface area contributed by atoms with Gasteiger partial charge in [-0.3, -0.25) is 4.79 Å². The molecule has 0 aliphatic carbocycles. The maximum absolute atomic E-state index is 11.0. The molecule has 2 rings (SSSR count). The summed E-state index contributed by atoms with van der Waals surface area (Å²) in [6, 6.07) is 12.3. The average molecular weight is 374 g/mol. The second-order valence-electron chi connectivity index (χ2n) is 3.57. The van der Waals surface area contributed by atoms with E-state index in [1.54, 1.807) is 12.1 Å². The van der Waals surface area contributed by atoms with Gasteiger partial charge in [0.1, 0.15) is 11.5 Å². The number of benzene rings is 2. The number of halogens is 2. The highest BCUT2D eigenvalue weighted by atomic mass is 127. The van der Waals surface area contributed by atoms with Gasteiger partial charge in [0.25, 0.3) is 0 Å². The minimum atomic E-state index is -0.516. The highest BCUT2D eigenvalue weighted by Gasteiger charge is 2.07.